The molecule has 0 aliphatic carbocycles. The van der Waals surface area contributed by atoms with Crippen LogP contribution in [0.4, 0.5) is 13.2 Å². The maximum atomic E-state index is 12.9. The van der Waals surface area contributed by atoms with Crippen molar-refractivity contribution in [3.8, 4) is 5.75 Å². The molecule has 0 atom stereocenters. The van der Waals surface area contributed by atoms with Gasteiger partial charge < -0.3 is 10.5 Å². The van der Waals surface area contributed by atoms with Crippen LogP contribution in [0, 0.1) is 0 Å². The van der Waals surface area contributed by atoms with Crippen molar-refractivity contribution in [1.29, 1.82) is 0 Å². The lowest BCUT2D eigenvalue weighted by molar-refractivity contribution is -0.141. The predicted molar refractivity (Wildman–Crippen MR) is 96.5 cm³/mol. The summed E-state index contributed by atoms with van der Waals surface area (Å²) in [6.45, 7) is -0.495. The highest BCUT2D eigenvalue weighted by molar-refractivity contribution is 5.75. The number of carbonyl (C=O) groups excluding carboxylic acids is 1. The SMILES string of the molecule is Cn1c(=O)n(Cc2cccc(OCC(N)=O)c2)c(=O)c2ccc(C(F)(F)F)nc21. The van der Waals surface area contributed by atoms with E-state index in [0.717, 1.165) is 15.2 Å². The highest BCUT2D eigenvalue weighted by Crippen LogP contribution is 2.28. The molecule has 3 aromatic rings. The van der Waals surface area contributed by atoms with E-state index in [4.69, 9.17) is 10.5 Å². The van der Waals surface area contributed by atoms with Crippen molar-refractivity contribution in [2.75, 3.05) is 6.61 Å². The fraction of sp³-hybridized carbons (Fsp3) is 0.222. The molecule has 1 aromatic carbocycles. The molecule has 0 aliphatic rings. The van der Waals surface area contributed by atoms with Crippen molar-refractivity contribution in [2.45, 2.75) is 12.7 Å². The van der Waals surface area contributed by atoms with Crippen molar-refractivity contribution in [2.24, 2.45) is 12.8 Å². The molecule has 152 valence electrons. The van der Waals surface area contributed by atoms with Gasteiger partial charge in [-0.05, 0) is 29.8 Å². The smallest absolute Gasteiger partial charge is 0.433 e. The van der Waals surface area contributed by atoms with Crippen LogP contribution in [0.15, 0.2) is 46.0 Å². The minimum absolute atomic E-state index is 0.124. The van der Waals surface area contributed by atoms with E-state index >= 15 is 0 Å². The van der Waals surface area contributed by atoms with Crippen molar-refractivity contribution in [3.05, 3.63) is 68.5 Å². The Hall–Kier alpha value is -3.63. The van der Waals surface area contributed by atoms with Gasteiger partial charge in [-0.1, -0.05) is 12.1 Å². The summed E-state index contributed by atoms with van der Waals surface area (Å²) in [5.41, 5.74) is 2.38. The first-order valence-electron chi connectivity index (χ1n) is 8.26. The second-order valence-corrected chi connectivity index (χ2v) is 6.20. The highest BCUT2D eigenvalue weighted by Gasteiger charge is 2.33. The molecule has 3 rings (SSSR count). The fourth-order valence-electron chi connectivity index (χ4n) is 2.74. The van der Waals surface area contributed by atoms with Crippen LogP contribution in [0.2, 0.25) is 0 Å². The van der Waals surface area contributed by atoms with Gasteiger partial charge in [0.1, 0.15) is 17.1 Å². The lowest BCUT2D eigenvalue weighted by atomic mass is 10.2. The summed E-state index contributed by atoms with van der Waals surface area (Å²) in [4.78, 5) is 39.5. The second-order valence-electron chi connectivity index (χ2n) is 6.20. The standard InChI is InChI=1S/C18H15F3N4O4/c1-24-15-12(5-6-13(23-15)18(19,20)21)16(27)25(17(24)28)8-10-3-2-4-11(7-10)29-9-14(22)26/h2-7H,8-9H2,1H3,(H2,22,26). The number of nitrogens with zero attached hydrogens (tertiary/aromatic N) is 3. The van der Waals surface area contributed by atoms with Gasteiger partial charge in [-0.2, -0.15) is 13.2 Å². The van der Waals surface area contributed by atoms with E-state index in [1.807, 2.05) is 0 Å². The number of nitrogens with two attached hydrogens (primary N) is 1. The van der Waals surface area contributed by atoms with Crippen LogP contribution in [0.1, 0.15) is 11.3 Å². The van der Waals surface area contributed by atoms with Crippen molar-refractivity contribution >= 4 is 16.9 Å². The van der Waals surface area contributed by atoms with Gasteiger partial charge in [0.2, 0.25) is 0 Å². The maximum absolute atomic E-state index is 12.9. The fourth-order valence-corrected chi connectivity index (χ4v) is 2.74. The number of benzene rings is 1. The topological polar surface area (TPSA) is 109 Å². The number of halogens is 3. The number of ether oxygens (including phenoxy) is 1. The summed E-state index contributed by atoms with van der Waals surface area (Å²) >= 11 is 0. The number of carbonyl (C=O) groups is 1. The molecule has 11 heteroatoms. The Morgan fingerprint density at radius 3 is 2.59 bits per heavy atom. The third-order valence-electron chi connectivity index (χ3n) is 4.10. The van der Waals surface area contributed by atoms with Gasteiger partial charge in [0, 0.05) is 7.05 Å². The van der Waals surface area contributed by atoms with Gasteiger partial charge in [-0.25, -0.2) is 9.78 Å². The monoisotopic (exact) mass is 408 g/mol. The van der Waals surface area contributed by atoms with E-state index in [9.17, 15) is 27.6 Å². The zero-order valence-electron chi connectivity index (χ0n) is 15.1. The van der Waals surface area contributed by atoms with Crippen LogP contribution in [0.25, 0.3) is 11.0 Å². The summed E-state index contributed by atoms with van der Waals surface area (Å²) < 4.78 is 45.6. The molecule has 0 aliphatic heterocycles. The molecule has 0 fully saturated rings. The van der Waals surface area contributed by atoms with Crippen LogP contribution < -0.4 is 21.7 Å². The Balaban J connectivity index is 2.05. The van der Waals surface area contributed by atoms with E-state index in [-0.39, 0.29) is 24.2 Å². The highest BCUT2D eigenvalue weighted by atomic mass is 19.4. The Kier molecular flexibility index (Phi) is 5.14. The minimum atomic E-state index is -4.70. The third kappa shape index (κ3) is 4.13. The Labute approximate surface area is 161 Å². The summed E-state index contributed by atoms with van der Waals surface area (Å²) in [6, 6.07) is 7.99. The first-order chi connectivity index (χ1) is 13.6. The lowest BCUT2D eigenvalue weighted by Crippen LogP contribution is -2.39. The molecule has 2 N–H and O–H groups in total. The summed E-state index contributed by atoms with van der Waals surface area (Å²) in [5.74, 6) is -0.357. The van der Waals surface area contributed by atoms with Gasteiger partial charge in [0.25, 0.3) is 11.5 Å². The van der Waals surface area contributed by atoms with Gasteiger partial charge in [-0.15, -0.1) is 0 Å². The second kappa shape index (κ2) is 7.41. The number of aryl methyl sites for hydroxylation is 1. The number of rotatable bonds is 5. The number of pyridine rings is 1. The van der Waals surface area contributed by atoms with E-state index < -0.39 is 29.0 Å². The number of amides is 1. The Morgan fingerprint density at radius 2 is 1.93 bits per heavy atom. The quantitative estimate of drug-likeness (QED) is 0.678. The van der Waals surface area contributed by atoms with Crippen LogP contribution in [-0.4, -0.2) is 26.6 Å². The Morgan fingerprint density at radius 1 is 1.21 bits per heavy atom. The average Bonchev–Trinajstić information content (AvgIpc) is 2.67. The number of aromatic nitrogens is 3. The molecule has 0 saturated heterocycles. The van der Waals surface area contributed by atoms with Crippen LogP contribution >= 0.6 is 0 Å². The average molecular weight is 408 g/mol. The van der Waals surface area contributed by atoms with Crippen LogP contribution in [0.3, 0.4) is 0 Å². The molecule has 0 bridgehead atoms. The van der Waals surface area contributed by atoms with Crippen molar-refractivity contribution < 1.29 is 22.7 Å². The van der Waals surface area contributed by atoms with E-state index in [0.29, 0.717) is 17.4 Å². The molecular weight excluding hydrogens is 393 g/mol. The molecular formula is C18H15F3N4O4. The summed E-state index contributed by atoms with van der Waals surface area (Å²) in [5, 5.41) is -0.124. The van der Waals surface area contributed by atoms with Crippen LogP contribution in [-0.2, 0) is 24.6 Å². The number of primary amides is 1. The van der Waals surface area contributed by atoms with E-state index in [1.54, 1.807) is 18.2 Å². The van der Waals surface area contributed by atoms with Crippen molar-refractivity contribution in [3.63, 3.8) is 0 Å². The number of alkyl halides is 3. The van der Waals surface area contributed by atoms with E-state index in [1.165, 1.54) is 13.1 Å². The largest absolute Gasteiger partial charge is 0.484 e. The first kappa shape index (κ1) is 20.1. The van der Waals surface area contributed by atoms with Crippen LogP contribution in [0.5, 0.6) is 5.75 Å². The molecule has 0 unspecified atom stereocenters. The molecule has 2 heterocycles. The molecule has 1 amide bonds. The van der Waals surface area contributed by atoms with Gasteiger partial charge in [0.05, 0.1) is 11.9 Å². The lowest BCUT2D eigenvalue weighted by Gasteiger charge is -2.13. The predicted octanol–water partition coefficient (Wildman–Crippen LogP) is 1.03. The van der Waals surface area contributed by atoms with Gasteiger partial charge in [0.15, 0.2) is 6.61 Å². The molecule has 29 heavy (non-hydrogen) atoms. The number of fused-ring (bicyclic) bond motifs is 1. The summed E-state index contributed by atoms with van der Waals surface area (Å²) in [7, 11) is 1.24. The van der Waals surface area contributed by atoms with Crippen molar-refractivity contribution in [1.82, 2.24) is 14.1 Å². The normalized spacial score (nSPS) is 11.6. The molecule has 0 saturated carbocycles. The van der Waals surface area contributed by atoms with Gasteiger partial charge in [-0.3, -0.25) is 18.7 Å². The van der Waals surface area contributed by atoms with E-state index in [2.05, 4.69) is 4.98 Å². The molecule has 2 aromatic heterocycles. The third-order valence-corrected chi connectivity index (χ3v) is 4.10. The van der Waals surface area contributed by atoms with Gasteiger partial charge >= 0.3 is 11.9 Å². The maximum Gasteiger partial charge on any atom is 0.433 e. The number of hydrogen-bond acceptors (Lipinski definition) is 5. The minimum Gasteiger partial charge on any atom is -0.484 e. The molecule has 0 spiro atoms. The number of hydrogen-bond donors (Lipinski definition) is 1. The summed E-state index contributed by atoms with van der Waals surface area (Å²) in [6.07, 6.45) is -4.70. The zero-order chi connectivity index (χ0) is 21.3. The Bertz CT molecular complexity index is 1210. The molecule has 8 nitrogen and oxygen atoms in total. The first-order valence-corrected chi connectivity index (χ1v) is 8.26. The molecule has 0 radical (unpaired) electrons. The zero-order valence-corrected chi connectivity index (χ0v) is 15.1.